The summed E-state index contributed by atoms with van der Waals surface area (Å²) in [6, 6.07) is 8.12. The number of nitrogens with zero attached hydrogens (tertiary/aromatic N) is 1. The molecule has 0 radical (unpaired) electrons. The summed E-state index contributed by atoms with van der Waals surface area (Å²) in [6.45, 7) is 4.58. The second-order valence-electron chi connectivity index (χ2n) is 2.56. The second kappa shape index (κ2) is 4.54. The Morgan fingerprint density at radius 3 is 2.58 bits per heavy atom. The van der Waals surface area contributed by atoms with Gasteiger partial charge >= 0.3 is 0 Å². The van der Waals surface area contributed by atoms with E-state index in [-0.39, 0.29) is 0 Å². The van der Waals surface area contributed by atoms with Crippen LogP contribution in [0.15, 0.2) is 29.4 Å². The maximum Gasteiger partial charge on any atom is 0.114 e. The van der Waals surface area contributed by atoms with Crippen molar-refractivity contribution < 1.29 is 4.84 Å². The van der Waals surface area contributed by atoms with Gasteiger partial charge in [0.15, 0.2) is 0 Å². The van der Waals surface area contributed by atoms with Crippen LogP contribution < -0.4 is 0 Å². The van der Waals surface area contributed by atoms with E-state index in [4.69, 9.17) is 4.84 Å². The van der Waals surface area contributed by atoms with E-state index >= 15 is 0 Å². The highest BCUT2D eigenvalue weighted by Gasteiger charge is 1.86. The molecule has 0 spiro atoms. The maximum absolute atomic E-state index is 4.84. The Kier molecular flexibility index (Phi) is 3.33. The Morgan fingerprint density at radius 1 is 1.33 bits per heavy atom. The quantitative estimate of drug-likeness (QED) is 0.495. The van der Waals surface area contributed by atoms with E-state index in [0.29, 0.717) is 6.61 Å². The molecular weight excluding hydrogens is 150 g/mol. The van der Waals surface area contributed by atoms with Crippen molar-refractivity contribution in [3.8, 4) is 0 Å². The Hall–Kier alpha value is -1.31. The molecule has 0 saturated carbocycles. The molecule has 2 nitrogen and oxygen atoms in total. The van der Waals surface area contributed by atoms with Crippen molar-refractivity contribution in [1.29, 1.82) is 0 Å². The predicted molar refractivity (Wildman–Crippen MR) is 50.4 cm³/mol. The minimum Gasteiger partial charge on any atom is -0.396 e. The van der Waals surface area contributed by atoms with Crippen molar-refractivity contribution in [1.82, 2.24) is 0 Å². The van der Waals surface area contributed by atoms with Crippen LogP contribution in [-0.4, -0.2) is 12.8 Å². The van der Waals surface area contributed by atoms with Crippen molar-refractivity contribution >= 4 is 6.21 Å². The number of oxime groups is 1. The van der Waals surface area contributed by atoms with Gasteiger partial charge in [-0.2, -0.15) is 0 Å². The minimum atomic E-state index is 0.613. The highest BCUT2D eigenvalue weighted by molar-refractivity contribution is 5.78. The molecule has 0 aromatic heterocycles. The van der Waals surface area contributed by atoms with Crippen molar-refractivity contribution in [2.24, 2.45) is 5.16 Å². The monoisotopic (exact) mass is 163 g/mol. The van der Waals surface area contributed by atoms with Gasteiger partial charge in [-0.1, -0.05) is 35.0 Å². The lowest BCUT2D eigenvalue weighted by Crippen LogP contribution is -1.84. The van der Waals surface area contributed by atoms with Crippen LogP contribution in [0.3, 0.4) is 0 Å². The van der Waals surface area contributed by atoms with Crippen molar-refractivity contribution in [2.75, 3.05) is 6.61 Å². The third-order valence-electron chi connectivity index (χ3n) is 1.48. The van der Waals surface area contributed by atoms with Gasteiger partial charge in [-0.05, 0) is 19.4 Å². The Morgan fingerprint density at radius 2 is 2.00 bits per heavy atom. The lowest BCUT2D eigenvalue weighted by molar-refractivity contribution is 0.160. The summed E-state index contributed by atoms with van der Waals surface area (Å²) in [5.74, 6) is 0. The first-order valence-electron chi connectivity index (χ1n) is 4.05. The van der Waals surface area contributed by atoms with Crippen LogP contribution in [0.25, 0.3) is 0 Å². The second-order valence-corrected chi connectivity index (χ2v) is 2.56. The number of aryl methyl sites for hydroxylation is 1. The van der Waals surface area contributed by atoms with Gasteiger partial charge in [0, 0.05) is 0 Å². The van der Waals surface area contributed by atoms with Gasteiger partial charge in [0.25, 0.3) is 0 Å². The first-order valence-corrected chi connectivity index (χ1v) is 4.05. The highest BCUT2D eigenvalue weighted by atomic mass is 16.6. The number of benzene rings is 1. The van der Waals surface area contributed by atoms with Crippen molar-refractivity contribution in [3.05, 3.63) is 35.4 Å². The average Bonchev–Trinajstić information content (AvgIpc) is 2.09. The minimum absolute atomic E-state index is 0.613. The normalized spacial score (nSPS) is 10.5. The zero-order chi connectivity index (χ0) is 8.81. The van der Waals surface area contributed by atoms with E-state index in [0.717, 1.165) is 5.56 Å². The fourth-order valence-electron chi connectivity index (χ4n) is 0.825. The van der Waals surface area contributed by atoms with Gasteiger partial charge in [-0.25, -0.2) is 0 Å². The Balaban J connectivity index is 2.58. The Bertz CT molecular complexity index is 251. The highest BCUT2D eigenvalue weighted by Crippen LogP contribution is 1.99. The van der Waals surface area contributed by atoms with E-state index in [1.807, 2.05) is 31.2 Å². The number of hydrogen-bond donors (Lipinski definition) is 0. The summed E-state index contributed by atoms with van der Waals surface area (Å²) in [5.41, 5.74) is 2.32. The molecule has 0 aliphatic rings. The molecular formula is C10H13NO. The molecule has 0 amide bonds. The van der Waals surface area contributed by atoms with E-state index < -0.39 is 0 Å². The molecule has 0 atom stereocenters. The molecule has 0 saturated heterocycles. The third kappa shape index (κ3) is 2.74. The largest absolute Gasteiger partial charge is 0.396 e. The van der Waals surface area contributed by atoms with Gasteiger partial charge in [0.2, 0.25) is 0 Å². The molecule has 0 bridgehead atoms. The molecule has 0 N–H and O–H groups in total. The van der Waals surface area contributed by atoms with Crippen LogP contribution in [-0.2, 0) is 4.84 Å². The predicted octanol–water partition coefficient (Wildman–Crippen LogP) is 2.37. The van der Waals surface area contributed by atoms with Crippen LogP contribution in [0.1, 0.15) is 18.1 Å². The zero-order valence-corrected chi connectivity index (χ0v) is 7.45. The summed E-state index contributed by atoms with van der Waals surface area (Å²) < 4.78 is 0. The molecule has 0 unspecified atom stereocenters. The molecule has 2 heteroatoms. The fourth-order valence-corrected chi connectivity index (χ4v) is 0.825. The zero-order valence-electron chi connectivity index (χ0n) is 7.45. The van der Waals surface area contributed by atoms with Crippen LogP contribution in [0.2, 0.25) is 0 Å². The maximum atomic E-state index is 4.84. The molecule has 1 aromatic rings. The van der Waals surface area contributed by atoms with E-state index in [1.165, 1.54) is 5.56 Å². The standard InChI is InChI=1S/C10H13NO/c1-3-12-11-8-10-6-4-9(2)5-7-10/h4-8H,3H2,1-2H3/b11-8+. The number of rotatable bonds is 3. The molecule has 64 valence electrons. The smallest absolute Gasteiger partial charge is 0.114 e. The van der Waals surface area contributed by atoms with Gasteiger partial charge in [-0.3, -0.25) is 0 Å². The molecule has 1 rings (SSSR count). The molecule has 12 heavy (non-hydrogen) atoms. The first-order chi connectivity index (χ1) is 5.83. The molecule has 0 aliphatic heterocycles. The third-order valence-corrected chi connectivity index (χ3v) is 1.48. The summed E-state index contributed by atoms with van der Waals surface area (Å²) in [6.07, 6.45) is 1.71. The molecule has 0 heterocycles. The summed E-state index contributed by atoms with van der Waals surface area (Å²) in [5, 5.41) is 3.76. The number of hydrogen-bond acceptors (Lipinski definition) is 2. The van der Waals surface area contributed by atoms with E-state index in [2.05, 4.69) is 12.1 Å². The van der Waals surface area contributed by atoms with E-state index in [9.17, 15) is 0 Å². The average molecular weight is 163 g/mol. The summed E-state index contributed by atoms with van der Waals surface area (Å²) >= 11 is 0. The van der Waals surface area contributed by atoms with Gasteiger partial charge < -0.3 is 4.84 Å². The van der Waals surface area contributed by atoms with Crippen LogP contribution in [0.5, 0.6) is 0 Å². The van der Waals surface area contributed by atoms with Crippen LogP contribution >= 0.6 is 0 Å². The summed E-state index contributed by atoms with van der Waals surface area (Å²) in [4.78, 5) is 4.84. The van der Waals surface area contributed by atoms with Crippen LogP contribution in [0, 0.1) is 6.92 Å². The lowest BCUT2D eigenvalue weighted by Gasteiger charge is -1.94. The molecule has 1 aromatic carbocycles. The SMILES string of the molecule is CCO/N=C/c1ccc(C)cc1. The van der Waals surface area contributed by atoms with E-state index in [1.54, 1.807) is 6.21 Å². The summed E-state index contributed by atoms with van der Waals surface area (Å²) in [7, 11) is 0. The molecule has 0 fully saturated rings. The van der Waals surface area contributed by atoms with Crippen molar-refractivity contribution in [3.63, 3.8) is 0 Å². The first kappa shape index (κ1) is 8.78. The van der Waals surface area contributed by atoms with Gasteiger partial charge in [-0.15, -0.1) is 0 Å². The lowest BCUT2D eigenvalue weighted by atomic mass is 10.2. The van der Waals surface area contributed by atoms with Crippen molar-refractivity contribution in [2.45, 2.75) is 13.8 Å². The topological polar surface area (TPSA) is 21.6 Å². The Labute approximate surface area is 72.9 Å². The fraction of sp³-hybridized carbons (Fsp3) is 0.300. The van der Waals surface area contributed by atoms with Gasteiger partial charge in [0.1, 0.15) is 6.61 Å². The molecule has 0 aliphatic carbocycles. The van der Waals surface area contributed by atoms with Crippen LogP contribution in [0.4, 0.5) is 0 Å². The van der Waals surface area contributed by atoms with Gasteiger partial charge in [0.05, 0.1) is 6.21 Å².